The molecule has 0 spiro atoms. The maximum absolute atomic E-state index is 14.4. The molecule has 0 radical (unpaired) electrons. The molecule has 2 heterocycles. The first-order chi connectivity index (χ1) is 16.8. The summed E-state index contributed by atoms with van der Waals surface area (Å²) in [6, 6.07) is 7.93. The van der Waals surface area contributed by atoms with Gasteiger partial charge in [0.1, 0.15) is 0 Å². The highest BCUT2D eigenvalue weighted by Gasteiger charge is 2.59. The van der Waals surface area contributed by atoms with E-state index in [9.17, 15) is 4.79 Å². The first-order valence-corrected chi connectivity index (χ1v) is 13.3. The molecule has 0 aromatic heterocycles. The fourth-order valence-corrected chi connectivity index (χ4v) is 8.34. The minimum absolute atomic E-state index is 0.136. The van der Waals surface area contributed by atoms with Crippen molar-refractivity contribution in [3.05, 3.63) is 56.6 Å². The molecule has 0 saturated heterocycles. The van der Waals surface area contributed by atoms with Crippen molar-refractivity contribution in [3.8, 4) is 0 Å². The number of anilines is 2. The maximum Gasteiger partial charge on any atom is 0.252 e. The summed E-state index contributed by atoms with van der Waals surface area (Å²) < 4.78 is 0. The van der Waals surface area contributed by atoms with E-state index in [2.05, 4.69) is 5.16 Å². The van der Waals surface area contributed by atoms with Crippen molar-refractivity contribution < 1.29 is 9.73 Å². The van der Waals surface area contributed by atoms with Crippen molar-refractivity contribution in [2.24, 2.45) is 28.3 Å². The first-order valence-electron chi connectivity index (χ1n) is 12.5. The number of para-hydroxylation sites is 2. The molecule has 35 heavy (non-hydrogen) atoms. The van der Waals surface area contributed by atoms with Gasteiger partial charge in [-0.3, -0.25) is 9.73 Å². The lowest BCUT2D eigenvalue weighted by atomic mass is 9.49. The summed E-state index contributed by atoms with van der Waals surface area (Å²) in [5.41, 5.74) is 4.81. The number of amides is 1. The molecule has 8 rings (SSSR count). The molecule has 6 nitrogen and oxygen atoms in total. The average molecular weight is 511 g/mol. The summed E-state index contributed by atoms with van der Waals surface area (Å²) in [5.74, 6) is 2.74. The lowest BCUT2D eigenvalue weighted by molar-refractivity contribution is -0.173. The Bertz CT molecular complexity index is 1260. The van der Waals surface area contributed by atoms with Crippen LogP contribution in [-0.4, -0.2) is 17.0 Å². The molecule has 2 aliphatic heterocycles. The summed E-state index contributed by atoms with van der Waals surface area (Å²) in [4.78, 5) is 20.3. The molecule has 2 aromatic rings. The molecule has 4 aliphatic carbocycles. The number of hydrogen-bond donors (Lipinski definition) is 0. The minimum atomic E-state index is -0.313. The van der Waals surface area contributed by atoms with Gasteiger partial charge in [-0.15, -0.1) is 0 Å². The van der Waals surface area contributed by atoms with Crippen molar-refractivity contribution in [2.45, 2.75) is 59.3 Å². The lowest BCUT2D eigenvalue weighted by Crippen LogP contribution is -2.59. The molecule has 0 N–H and O–H groups in total. The van der Waals surface area contributed by atoms with Crippen LogP contribution >= 0.6 is 23.2 Å². The number of fused-ring (bicyclic) bond motifs is 3. The summed E-state index contributed by atoms with van der Waals surface area (Å²) in [6.07, 6.45) is 6.82. The number of carbonyl (C=O) groups is 1. The zero-order valence-electron chi connectivity index (χ0n) is 20.1. The zero-order valence-corrected chi connectivity index (χ0v) is 21.7. The van der Waals surface area contributed by atoms with E-state index in [-0.39, 0.29) is 11.3 Å². The number of amidine groups is 1. The van der Waals surface area contributed by atoms with Crippen LogP contribution in [0.3, 0.4) is 0 Å². The molecule has 1 amide bonds. The highest BCUT2D eigenvalue weighted by molar-refractivity contribution is 6.38. The number of nitrogens with zero attached hydrogens (tertiary/aromatic N) is 4. The van der Waals surface area contributed by atoms with Crippen LogP contribution in [0.4, 0.5) is 11.4 Å². The zero-order chi connectivity index (χ0) is 24.2. The summed E-state index contributed by atoms with van der Waals surface area (Å²) in [5, 5.41) is 10.8. The molecule has 4 saturated carbocycles. The van der Waals surface area contributed by atoms with Crippen molar-refractivity contribution in [2.75, 3.05) is 10.0 Å². The SMILES string of the molecule is Cc1c(Cl)c(C)c(C2=NON3N(C(=O)C45CC6CC(CC(C6)C4)C5)c4ccccc4N23)c(C)c1Cl. The van der Waals surface area contributed by atoms with Gasteiger partial charge in [0, 0.05) is 15.6 Å². The lowest BCUT2D eigenvalue weighted by Gasteiger charge is -2.56. The van der Waals surface area contributed by atoms with E-state index < -0.39 is 0 Å². The topological polar surface area (TPSA) is 48.4 Å². The second kappa shape index (κ2) is 7.37. The normalized spacial score (nSPS) is 30.4. The van der Waals surface area contributed by atoms with Gasteiger partial charge < -0.3 is 0 Å². The van der Waals surface area contributed by atoms with E-state index >= 15 is 0 Å². The smallest absolute Gasteiger partial charge is 0.252 e. The van der Waals surface area contributed by atoms with E-state index in [0.29, 0.717) is 33.6 Å². The summed E-state index contributed by atoms with van der Waals surface area (Å²) >= 11 is 13.3. The van der Waals surface area contributed by atoms with Gasteiger partial charge >= 0.3 is 0 Å². The van der Waals surface area contributed by atoms with Gasteiger partial charge in [0.25, 0.3) is 5.91 Å². The minimum Gasteiger partial charge on any atom is -0.272 e. The molecule has 2 aromatic carbocycles. The van der Waals surface area contributed by atoms with E-state index in [1.165, 1.54) is 24.5 Å². The van der Waals surface area contributed by atoms with Crippen LogP contribution in [0, 0.1) is 43.9 Å². The molecule has 0 unspecified atom stereocenters. The van der Waals surface area contributed by atoms with Crippen molar-refractivity contribution in [1.82, 2.24) is 5.28 Å². The standard InChI is InChI=1S/C27H28Cl2N4O2/c1-14-22(15(2)24(29)16(3)23(14)28)25-30-35-33-31(25)20-6-4-5-7-21(20)32(33)26(34)27-11-17-8-18(12-27)10-19(9-17)13-27/h4-7,17-19H,8-13H2,1-3H3. The van der Waals surface area contributed by atoms with Crippen LogP contribution in [0.1, 0.15) is 60.8 Å². The third-order valence-corrected chi connectivity index (χ3v) is 10.2. The number of halogens is 2. The molecular weight excluding hydrogens is 483 g/mol. The maximum atomic E-state index is 14.4. The van der Waals surface area contributed by atoms with E-state index in [0.717, 1.165) is 52.9 Å². The fraction of sp³-hybridized carbons (Fsp3) is 0.481. The molecule has 8 heteroatoms. The summed E-state index contributed by atoms with van der Waals surface area (Å²) in [6.45, 7) is 5.86. The van der Waals surface area contributed by atoms with Crippen molar-refractivity contribution in [1.29, 1.82) is 0 Å². The van der Waals surface area contributed by atoms with E-state index in [4.69, 9.17) is 28.1 Å². The third kappa shape index (κ3) is 2.87. The van der Waals surface area contributed by atoms with E-state index in [1.54, 1.807) is 5.01 Å². The Labute approximate surface area is 215 Å². The second-order valence-electron chi connectivity index (χ2n) is 11.2. The van der Waals surface area contributed by atoms with Gasteiger partial charge in [-0.05, 0) is 111 Å². The number of carbonyl (C=O) groups excluding carboxylic acids is 1. The largest absolute Gasteiger partial charge is 0.272 e. The quantitative estimate of drug-likeness (QED) is 0.449. The molecular formula is C27H28Cl2N4O2. The van der Waals surface area contributed by atoms with Crippen LogP contribution in [0.15, 0.2) is 29.4 Å². The predicted octanol–water partition coefficient (Wildman–Crippen LogP) is 6.73. The van der Waals surface area contributed by atoms with Crippen LogP contribution < -0.4 is 10.0 Å². The van der Waals surface area contributed by atoms with Crippen molar-refractivity contribution >= 4 is 46.3 Å². The number of benzene rings is 2. The van der Waals surface area contributed by atoms with Crippen LogP contribution in [0.5, 0.6) is 0 Å². The van der Waals surface area contributed by atoms with Gasteiger partial charge in [-0.1, -0.05) is 35.3 Å². The number of hydrogen-bond acceptors (Lipinski definition) is 5. The molecule has 6 aliphatic rings. The Hall–Kier alpha value is -2.28. The molecule has 182 valence electrons. The van der Waals surface area contributed by atoms with Gasteiger partial charge in [0.15, 0.2) is 0 Å². The molecule has 4 bridgehead atoms. The average Bonchev–Trinajstić information content (AvgIpc) is 3.39. The first kappa shape index (κ1) is 22.0. The predicted molar refractivity (Wildman–Crippen MR) is 137 cm³/mol. The number of oxime groups is 1. The third-order valence-electron chi connectivity index (χ3n) is 9.06. The Kier molecular flexibility index (Phi) is 4.63. The van der Waals surface area contributed by atoms with Gasteiger partial charge in [-0.2, -0.15) is 10.0 Å². The van der Waals surface area contributed by atoms with Crippen molar-refractivity contribution in [3.63, 3.8) is 0 Å². The van der Waals surface area contributed by atoms with Crippen LogP contribution in [0.2, 0.25) is 10.0 Å². The van der Waals surface area contributed by atoms with Crippen LogP contribution in [-0.2, 0) is 9.73 Å². The van der Waals surface area contributed by atoms with Crippen LogP contribution in [0.25, 0.3) is 0 Å². The Balaban J connectivity index is 1.32. The molecule has 0 atom stereocenters. The monoisotopic (exact) mass is 510 g/mol. The molecule has 4 fully saturated rings. The highest BCUT2D eigenvalue weighted by atomic mass is 35.5. The van der Waals surface area contributed by atoms with Gasteiger partial charge in [0.2, 0.25) is 5.84 Å². The highest BCUT2D eigenvalue weighted by Crippen LogP contribution is 2.61. The van der Waals surface area contributed by atoms with Gasteiger partial charge in [0.05, 0.1) is 22.1 Å². The Morgan fingerprint density at radius 3 is 2.03 bits per heavy atom. The summed E-state index contributed by atoms with van der Waals surface area (Å²) in [7, 11) is 0. The van der Waals surface area contributed by atoms with Gasteiger partial charge in [-0.25, -0.2) is 0 Å². The number of hydrazine groups is 2. The fourth-order valence-electron chi connectivity index (χ4n) is 7.91. The van der Waals surface area contributed by atoms with E-state index in [1.807, 2.05) is 50.0 Å². The number of rotatable bonds is 2. The Morgan fingerprint density at radius 2 is 1.46 bits per heavy atom. The second-order valence-corrected chi connectivity index (χ2v) is 12.0. The Morgan fingerprint density at radius 1 is 0.914 bits per heavy atom.